The molecule has 7 nitrogen and oxygen atoms in total. The summed E-state index contributed by atoms with van der Waals surface area (Å²) in [4.78, 5) is 40.4. The summed E-state index contributed by atoms with van der Waals surface area (Å²) < 4.78 is 0. The number of rotatable bonds is 4. The number of carbonyl (C=O) groups excluding carboxylic acids is 3. The maximum absolute atomic E-state index is 12.6. The average Bonchev–Trinajstić information content (AvgIpc) is 2.64. The number of likely N-dealkylation sites (tertiary alicyclic amines) is 1. The fraction of sp³-hybridized carbons (Fsp3) is 0.526. The number of nitrogens with zero attached hydrogens (tertiary/aromatic N) is 2. The SMILES string of the molecule is CC1CCN(C(=O)CCC(=O)N2CC(=O)Nc3ccccc32)C(CN)C1.Cl. The molecule has 2 aliphatic heterocycles. The third-order valence-electron chi connectivity index (χ3n) is 5.19. The molecule has 148 valence electrons. The Morgan fingerprint density at radius 2 is 1.93 bits per heavy atom. The van der Waals surface area contributed by atoms with Gasteiger partial charge in [-0.2, -0.15) is 0 Å². The van der Waals surface area contributed by atoms with Crippen LogP contribution in [0.3, 0.4) is 0 Å². The molecule has 3 N–H and O–H groups in total. The molecular weight excluding hydrogens is 368 g/mol. The van der Waals surface area contributed by atoms with Crippen molar-refractivity contribution in [3.63, 3.8) is 0 Å². The Morgan fingerprint density at radius 3 is 2.67 bits per heavy atom. The van der Waals surface area contributed by atoms with Crippen LogP contribution in [0.5, 0.6) is 0 Å². The lowest BCUT2D eigenvalue weighted by atomic mass is 9.92. The second-order valence-electron chi connectivity index (χ2n) is 7.15. The minimum atomic E-state index is -0.225. The monoisotopic (exact) mass is 394 g/mol. The lowest BCUT2D eigenvalue weighted by Gasteiger charge is -2.38. The highest BCUT2D eigenvalue weighted by atomic mass is 35.5. The number of nitrogens with two attached hydrogens (primary N) is 1. The van der Waals surface area contributed by atoms with Gasteiger partial charge in [-0.3, -0.25) is 14.4 Å². The number of hydrogen-bond acceptors (Lipinski definition) is 4. The lowest BCUT2D eigenvalue weighted by molar-refractivity contribution is -0.136. The third-order valence-corrected chi connectivity index (χ3v) is 5.19. The molecule has 2 heterocycles. The quantitative estimate of drug-likeness (QED) is 0.813. The van der Waals surface area contributed by atoms with Gasteiger partial charge in [-0.1, -0.05) is 19.1 Å². The smallest absolute Gasteiger partial charge is 0.244 e. The molecular formula is C19H27ClN4O3. The van der Waals surface area contributed by atoms with E-state index in [1.54, 1.807) is 18.2 Å². The minimum Gasteiger partial charge on any atom is -0.338 e. The maximum Gasteiger partial charge on any atom is 0.244 e. The predicted octanol–water partition coefficient (Wildman–Crippen LogP) is 1.76. The second kappa shape index (κ2) is 9.19. The molecule has 0 aliphatic carbocycles. The number of anilines is 2. The molecule has 3 amide bonds. The van der Waals surface area contributed by atoms with Crippen molar-refractivity contribution < 1.29 is 14.4 Å². The van der Waals surface area contributed by atoms with Crippen molar-refractivity contribution in [2.45, 2.75) is 38.6 Å². The molecule has 1 saturated heterocycles. The van der Waals surface area contributed by atoms with E-state index in [4.69, 9.17) is 5.73 Å². The lowest BCUT2D eigenvalue weighted by Crippen LogP contribution is -2.49. The maximum atomic E-state index is 12.6. The first-order chi connectivity index (χ1) is 12.5. The van der Waals surface area contributed by atoms with Crippen LogP contribution in [0.4, 0.5) is 11.4 Å². The van der Waals surface area contributed by atoms with Crippen LogP contribution in [0.15, 0.2) is 24.3 Å². The fourth-order valence-corrected chi connectivity index (χ4v) is 3.75. The zero-order valence-electron chi connectivity index (χ0n) is 15.5. The molecule has 3 rings (SSSR count). The Morgan fingerprint density at radius 1 is 1.22 bits per heavy atom. The first-order valence-electron chi connectivity index (χ1n) is 9.18. The number of piperidine rings is 1. The fourth-order valence-electron chi connectivity index (χ4n) is 3.75. The molecule has 0 aromatic heterocycles. The Kier molecular flexibility index (Phi) is 7.21. The molecule has 1 aromatic carbocycles. The van der Waals surface area contributed by atoms with Gasteiger partial charge in [-0.15, -0.1) is 12.4 Å². The summed E-state index contributed by atoms with van der Waals surface area (Å²) in [5.74, 6) is 0.0972. The van der Waals surface area contributed by atoms with E-state index < -0.39 is 0 Å². The van der Waals surface area contributed by atoms with Gasteiger partial charge >= 0.3 is 0 Å². The van der Waals surface area contributed by atoms with E-state index in [1.807, 2.05) is 11.0 Å². The van der Waals surface area contributed by atoms with E-state index in [9.17, 15) is 14.4 Å². The molecule has 0 spiro atoms. The first kappa shape index (κ1) is 21.2. The van der Waals surface area contributed by atoms with Crippen LogP contribution in [-0.2, 0) is 14.4 Å². The second-order valence-corrected chi connectivity index (χ2v) is 7.15. The summed E-state index contributed by atoms with van der Waals surface area (Å²) in [7, 11) is 0. The molecule has 0 bridgehead atoms. The van der Waals surface area contributed by atoms with Crippen molar-refractivity contribution >= 4 is 41.5 Å². The molecule has 27 heavy (non-hydrogen) atoms. The van der Waals surface area contributed by atoms with Crippen molar-refractivity contribution in [2.75, 3.05) is 29.9 Å². The summed E-state index contributed by atoms with van der Waals surface area (Å²) in [6.45, 7) is 3.30. The molecule has 0 radical (unpaired) electrons. The summed E-state index contributed by atoms with van der Waals surface area (Å²) in [5.41, 5.74) is 7.12. The molecule has 1 aromatic rings. The molecule has 0 saturated carbocycles. The first-order valence-corrected chi connectivity index (χ1v) is 9.18. The van der Waals surface area contributed by atoms with Crippen molar-refractivity contribution in [3.05, 3.63) is 24.3 Å². The van der Waals surface area contributed by atoms with E-state index in [0.717, 1.165) is 12.8 Å². The summed E-state index contributed by atoms with van der Waals surface area (Å²) in [5, 5.41) is 2.76. The Hall–Kier alpha value is -2.12. The van der Waals surface area contributed by atoms with Crippen LogP contribution < -0.4 is 16.0 Å². The largest absolute Gasteiger partial charge is 0.338 e. The highest BCUT2D eigenvalue weighted by Gasteiger charge is 2.30. The van der Waals surface area contributed by atoms with Crippen LogP contribution in [0.1, 0.15) is 32.6 Å². The number of hydrogen-bond donors (Lipinski definition) is 2. The van der Waals surface area contributed by atoms with Crippen molar-refractivity contribution in [3.8, 4) is 0 Å². The van der Waals surface area contributed by atoms with E-state index in [2.05, 4.69) is 12.2 Å². The van der Waals surface area contributed by atoms with Crippen molar-refractivity contribution in [2.24, 2.45) is 11.7 Å². The number of amides is 3. The van der Waals surface area contributed by atoms with Crippen LogP contribution in [0.2, 0.25) is 0 Å². The number of nitrogens with one attached hydrogen (secondary N) is 1. The van der Waals surface area contributed by atoms with Gasteiger partial charge in [0.25, 0.3) is 0 Å². The van der Waals surface area contributed by atoms with Gasteiger partial charge in [-0.25, -0.2) is 0 Å². The Bertz CT molecular complexity index is 712. The Labute approximate surface area is 165 Å². The minimum absolute atomic E-state index is 0. The number of fused-ring (bicyclic) bond motifs is 1. The number of halogens is 1. The molecule has 8 heteroatoms. The number of para-hydroxylation sites is 2. The standard InChI is InChI=1S/C19H26N4O3.ClH/c1-13-8-9-22(14(10-13)11-20)18(25)6-7-19(26)23-12-17(24)21-15-4-2-3-5-16(15)23;/h2-5,13-14H,6-12,20H2,1H3,(H,21,24);1H. The topological polar surface area (TPSA) is 95.7 Å². The normalized spacial score (nSPS) is 21.8. The van der Waals surface area contributed by atoms with Gasteiger partial charge in [0.15, 0.2) is 0 Å². The van der Waals surface area contributed by atoms with Crippen LogP contribution >= 0.6 is 12.4 Å². The summed E-state index contributed by atoms with van der Waals surface area (Å²) in [6, 6.07) is 7.25. The van der Waals surface area contributed by atoms with Gasteiger partial charge in [0.1, 0.15) is 6.54 Å². The van der Waals surface area contributed by atoms with Gasteiger partial charge in [0.05, 0.1) is 11.4 Å². The van der Waals surface area contributed by atoms with E-state index in [1.165, 1.54) is 4.90 Å². The highest BCUT2D eigenvalue weighted by molar-refractivity contribution is 6.10. The number of benzene rings is 1. The van der Waals surface area contributed by atoms with E-state index >= 15 is 0 Å². The van der Waals surface area contributed by atoms with Gasteiger partial charge in [0, 0.05) is 32.0 Å². The van der Waals surface area contributed by atoms with Gasteiger partial charge < -0.3 is 20.9 Å². The summed E-state index contributed by atoms with van der Waals surface area (Å²) >= 11 is 0. The molecule has 2 unspecified atom stereocenters. The van der Waals surface area contributed by atoms with Crippen molar-refractivity contribution in [1.82, 2.24) is 4.90 Å². The van der Waals surface area contributed by atoms with Crippen molar-refractivity contribution in [1.29, 1.82) is 0 Å². The molecule has 2 aliphatic rings. The van der Waals surface area contributed by atoms with Crippen LogP contribution in [-0.4, -0.2) is 48.3 Å². The molecule has 1 fully saturated rings. The van der Waals surface area contributed by atoms with Gasteiger partial charge in [-0.05, 0) is 30.9 Å². The number of carbonyl (C=O) groups is 3. The highest BCUT2D eigenvalue weighted by Crippen LogP contribution is 2.29. The third kappa shape index (κ3) is 4.78. The van der Waals surface area contributed by atoms with Crippen LogP contribution in [0, 0.1) is 5.92 Å². The predicted molar refractivity (Wildman–Crippen MR) is 107 cm³/mol. The Balaban J connectivity index is 0.00000261. The van der Waals surface area contributed by atoms with Crippen LogP contribution in [0.25, 0.3) is 0 Å². The zero-order chi connectivity index (χ0) is 18.7. The van der Waals surface area contributed by atoms with Gasteiger partial charge in [0.2, 0.25) is 17.7 Å². The van der Waals surface area contributed by atoms with E-state index in [0.29, 0.717) is 30.4 Å². The molecule has 2 atom stereocenters. The zero-order valence-corrected chi connectivity index (χ0v) is 16.3. The average molecular weight is 395 g/mol. The summed E-state index contributed by atoms with van der Waals surface area (Å²) in [6.07, 6.45) is 2.11. The van der Waals surface area contributed by atoms with E-state index in [-0.39, 0.29) is 55.6 Å².